The van der Waals surface area contributed by atoms with Crippen molar-refractivity contribution in [1.82, 2.24) is 0 Å². The molecule has 0 aromatic heterocycles. The highest BCUT2D eigenvalue weighted by atomic mass is 16.4. The maximum Gasteiger partial charge on any atom is 0.310 e. The smallest absolute Gasteiger partial charge is 0.310 e. The molecule has 0 fully saturated rings. The average Bonchev–Trinajstić information content (AvgIpc) is 2.16. The second-order valence-electron chi connectivity index (χ2n) is 3.33. The summed E-state index contributed by atoms with van der Waals surface area (Å²) in [5.74, 6) is -1.75. The maximum atomic E-state index is 10.9. The highest BCUT2D eigenvalue weighted by molar-refractivity contribution is 5.91. The molecule has 1 atom stereocenters. The number of carboxylic acids is 1. The van der Waals surface area contributed by atoms with Crippen molar-refractivity contribution >= 4 is 17.6 Å². The molecule has 2 N–H and O–H groups in total. The van der Waals surface area contributed by atoms with E-state index in [9.17, 15) is 9.59 Å². The van der Waals surface area contributed by atoms with Gasteiger partial charge in [-0.2, -0.15) is 0 Å². The van der Waals surface area contributed by atoms with E-state index in [-0.39, 0.29) is 5.91 Å². The van der Waals surface area contributed by atoms with E-state index < -0.39 is 11.9 Å². The van der Waals surface area contributed by atoms with Gasteiger partial charge in [0.05, 0.1) is 5.92 Å². The van der Waals surface area contributed by atoms with Gasteiger partial charge in [0.2, 0.25) is 5.91 Å². The molecule has 0 saturated heterocycles. The Balaban J connectivity index is 3.05. The SMILES string of the molecule is CC(=O)Nc1ccccc1C(C)C(=O)O. The van der Waals surface area contributed by atoms with Crippen LogP contribution in [0.5, 0.6) is 0 Å². The van der Waals surface area contributed by atoms with E-state index in [1.165, 1.54) is 6.92 Å². The molecule has 0 radical (unpaired) electrons. The summed E-state index contributed by atoms with van der Waals surface area (Å²) in [6.45, 7) is 2.98. The summed E-state index contributed by atoms with van der Waals surface area (Å²) in [6.07, 6.45) is 0. The van der Waals surface area contributed by atoms with Crippen molar-refractivity contribution in [3.8, 4) is 0 Å². The monoisotopic (exact) mass is 207 g/mol. The van der Waals surface area contributed by atoms with Crippen LogP contribution in [0.25, 0.3) is 0 Å². The van der Waals surface area contributed by atoms with Crippen molar-refractivity contribution in [3.63, 3.8) is 0 Å². The largest absolute Gasteiger partial charge is 0.481 e. The van der Waals surface area contributed by atoms with Gasteiger partial charge in [-0.3, -0.25) is 9.59 Å². The minimum absolute atomic E-state index is 0.208. The fourth-order valence-corrected chi connectivity index (χ4v) is 1.31. The van der Waals surface area contributed by atoms with Crippen LogP contribution < -0.4 is 5.32 Å². The van der Waals surface area contributed by atoms with E-state index in [1.807, 2.05) is 0 Å². The average molecular weight is 207 g/mol. The van der Waals surface area contributed by atoms with Gasteiger partial charge in [0, 0.05) is 12.6 Å². The molecule has 0 aliphatic heterocycles. The van der Waals surface area contributed by atoms with Crippen LogP contribution in [0.1, 0.15) is 25.3 Å². The van der Waals surface area contributed by atoms with Gasteiger partial charge < -0.3 is 10.4 Å². The molecular formula is C11H13NO3. The topological polar surface area (TPSA) is 66.4 Å². The fraction of sp³-hybridized carbons (Fsp3) is 0.273. The third-order valence-corrected chi connectivity index (χ3v) is 2.11. The molecule has 0 heterocycles. The zero-order chi connectivity index (χ0) is 11.4. The second-order valence-corrected chi connectivity index (χ2v) is 3.33. The van der Waals surface area contributed by atoms with Crippen molar-refractivity contribution in [2.75, 3.05) is 5.32 Å². The Morgan fingerprint density at radius 2 is 1.93 bits per heavy atom. The van der Waals surface area contributed by atoms with Crippen LogP contribution in [0.15, 0.2) is 24.3 Å². The highest BCUT2D eigenvalue weighted by Gasteiger charge is 2.17. The first kappa shape index (κ1) is 11.2. The number of hydrogen-bond acceptors (Lipinski definition) is 2. The number of para-hydroxylation sites is 1. The quantitative estimate of drug-likeness (QED) is 0.794. The number of nitrogens with one attached hydrogen (secondary N) is 1. The van der Waals surface area contributed by atoms with Gasteiger partial charge in [0.15, 0.2) is 0 Å². The van der Waals surface area contributed by atoms with E-state index in [4.69, 9.17) is 5.11 Å². The number of anilines is 1. The summed E-state index contributed by atoms with van der Waals surface area (Å²) < 4.78 is 0. The van der Waals surface area contributed by atoms with E-state index in [1.54, 1.807) is 31.2 Å². The zero-order valence-electron chi connectivity index (χ0n) is 8.65. The molecule has 1 amide bonds. The van der Waals surface area contributed by atoms with Gasteiger partial charge in [-0.05, 0) is 18.6 Å². The van der Waals surface area contributed by atoms with Gasteiger partial charge in [0.25, 0.3) is 0 Å². The summed E-state index contributed by atoms with van der Waals surface area (Å²) >= 11 is 0. The molecule has 80 valence electrons. The lowest BCUT2D eigenvalue weighted by molar-refractivity contribution is -0.138. The molecule has 4 heteroatoms. The lowest BCUT2D eigenvalue weighted by Gasteiger charge is -2.12. The summed E-state index contributed by atoms with van der Waals surface area (Å²) in [6, 6.07) is 6.89. The van der Waals surface area contributed by atoms with Gasteiger partial charge in [0.1, 0.15) is 0 Å². The maximum absolute atomic E-state index is 10.9. The first-order valence-electron chi connectivity index (χ1n) is 4.61. The Bertz CT molecular complexity index is 387. The third kappa shape index (κ3) is 2.80. The Labute approximate surface area is 87.9 Å². The number of hydrogen-bond donors (Lipinski definition) is 2. The van der Waals surface area contributed by atoms with Crippen LogP contribution in [0.3, 0.4) is 0 Å². The molecule has 1 aromatic rings. The van der Waals surface area contributed by atoms with Crippen LogP contribution in [0.4, 0.5) is 5.69 Å². The number of amides is 1. The Morgan fingerprint density at radius 3 is 2.47 bits per heavy atom. The van der Waals surface area contributed by atoms with Crippen molar-refractivity contribution in [2.24, 2.45) is 0 Å². The Morgan fingerprint density at radius 1 is 1.33 bits per heavy atom. The van der Waals surface area contributed by atoms with E-state index in [2.05, 4.69) is 5.32 Å². The number of rotatable bonds is 3. The fourth-order valence-electron chi connectivity index (χ4n) is 1.31. The lowest BCUT2D eigenvalue weighted by atomic mass is 9.99. The van der Waals surface area contributed by atoms with Gasteiger partial charge in [-0.25, -0.2) is 0 Å². The van der Waals surface area contributed by atoms with Gasteiger partial charge in [-0.15, -0.1) is 0 Å². The minimum atomic E-state index is -0.909. The molecule has 0 aliphatic rings. The van der Waals surface area contributed by atoms with Crippen molar-refractivity contribution in [3.05, 3.63) is 29.8 Å². The predicted octanol–water partition coefficient (Wildman–Crippen LogP) is 1.83. The molecule has 15 heavy (non-hydrogen) atoms. The first-order chi connectivity index (χ1) is 7.02. The number of carboxylic acid groups (broad SMARTS) is 1. The first-order valence-corrected chi connectivity index (χ1v) is 4.61. The second kappa shape index (κ2) is 4.59. The van der Waals surface area contributed by atoms with Gasteiger partial charge in [-0.1, -0.05) is 18.2 Å². The van der Waals surface area contributed by atoms with Crippen LogP contribution >= 0.6 is 0 Å². The molecule has 1 rings (SSSR count). The summed E-state index contributed by atoms with van der Waals surface area (Å²) in [4.78, 5) is 21.7. The van der Waals surface area contributed by atoms with E-state index in [0.29, 0.717) is 11.3 Å². The number of aliphatic carboxylic acids is 1. The molecule has 0 aliphatic carbocycles. The van der Waals surface area contributed by atoms with Crippen LogP contribution in [-0.4, -0.2) is 17.0 Å². The van der Waals surface area contributed by atoms with E-state index in [0.717, 1.165) is 0 Å². The molecular weight excluding hydrogens is 194 g/mol. The van der Waals surface area contributed by atoms with Crippen LogP contribution in [0, 0.1) is 0 Å². The predicted molar refractivity (Wildman–Crippen MR) is 56.8 cm³/mol. The molecule has 1 aromatic carbocycles. The highest BCUT2D eigenvalue weighted by Crippen LogP contribution is 2.24. The number of carbonyl (C=O) groups excluding carboxylic acids is 1. The lowest BCUT2D eigenvalue weighted by Crippen LogP contribution is -2.13. The molecule has 4 nitrogen and oxygen atoms in total. The molecule has 0 bridgehead atoms. The van der Waals surface area contributed by atoms with Crippen LogP contribution in [-0.2, 0) is 9.59 Å². The molecule has 0 saturated carbocycles. The summed E-state index contributed by atoms with van der Waals surface area (Å²) in [5, 5.41) is 11.5. The van der Waals surface area contributed by atoms with Crippen LogP contribution in [0.2, 0.25) is 0 Å². The summed E-state index contributed by atoms with van der Waals surface area (Å²) in [7, 11) is 0. The van der Waals surface area contributed by atoms with Crippen molar-refractivity contribution in [2.45, 2.75) is 19.8 Å². The summed E-state index contributed by atoms with van der Waals surface area (Å²) in [5.41, 5.74) is 1.17. The molecule has 1 unspecified atom stereocenters. The minimum Gasteiger partial charge on any atom is -0.481 e. The van der Waals surface area contributed by atoms with Gasteiger partial charge >= 0.3 is 5.97 Å². The zero-order valence-corrected chi connectivity index (χ0v) is 8.65. The normalized spacial score (nSPS) is 11.9. The number of carbonyl (C=O) groups is 2. The third-order valence-electron chi connectivity index (χ3n) is 2.11. The standard InChI is InChI=1S/C11H13NO3/c1-7(11(14)15)9-5-3-4-6-10(9)12-8(2)13/h3-7H,1-2H3,(H,12,13)(H,14,15). The van der Waals surface area contributed by atoms with Crippen molar-refractivity contribution in [1.29, 1.82) is 0 Å². The van der Waals surface area contributed by atoms with E-state index >= 15 is 0 Å². The Hall–Kier alpha value is -1.84. The molecule has 0 spiro atoms. The Kier molecular flexibility index (Phi) is 3.44. The van der Waals surface area contributed by atoms with Crippen molar-refractivity contribution < 1.29 is 14.7 Å². The number of benzene rings is 1.